The molecule has 21 heavy (non-hydrogen) atoms. The molecule has 0 fully saturated rings. The van der Waals surface area contributed by atoms with Gasteiger partial charge in [-0.3, -0.25) is 9.36 Å². The summed E-state index contributed by atoms with van der Waals surface area (Å²) in [6.07, 6.45) is -7.64. The van der Waals surface area contributed by atoms with Gasteiger partial charge in [-0.25, -0.2) is 0 Å². The zero-order chi connectivity index (χ0) is 16.5. The summed E-state index contributed by atoms with van der Waals surface area (Å²) < 4.78 is 64.9. The van der Waals surface area contributed by atoms with E-state index in [0.29, 0.717) is 12.8 Å². The molecule has 0 heterocycles. The molecule has 0 aromatic heterocycles. The van der Waals surface area contributed by atoms with Crippen LogP contribution in [0.3, 0.4) is 0 Å². The van der Waals surface area contributed by atoms with Crippen LogP contribution in [0, 0.1) is 0 Å². The summed E-state index contributed by atoms with van der Waals surface area (Å²) in [5.41, 5.74) is 0. The Morgan fingerprint density at radius 1 is 1.19 bits per heavy atom. The Kier molecular flexibility index (Phi) is 9.53. The maximum atomic E-state index is 12.8. The third-order valence-electron chi connectivity index (χ3n) is 2.12. The van der Waals surface area contributed by atoms with E-state index in [2.05, 4.69) is 4.74 Å². The molecule has 0 aliphatic carbocycles. The Morgan fingerprint density at radius 2 is 1.67 bits per heavy atom. The van der Waals surface area contributed by atoms with Gasteiger partial charge in [-0.15, -0.1) is 11.6 Å². The lowest BCUT2D eigenvalue weighted by Crippen LogP contribution is -2.37. The van der Waals surface area contributed by atoms with E-state index < -0.39 is 37.9 Å². The zero-order valence-electron chi connectivity index (χ0n) is 11.8. The molecule has 0 radical (unpaired) electrons. The molecular formula is C11H19ClF3O5P. The summed E-state index contributed by atoms with van der Waals surface area (Å²) in [6, 6.07) is 0. The van der Waals surface area contributed by atoms with Gasteiger partial charge in [0.25, 0.3) is 0 Å². The van der Waals surface area contributed by atoms with Gasteiger partial charge in [0.05, 0.1) is 19.4 Å². The maximum Gasteiger partial charge on any atom is 0.426 e. The van der Waals surface area contributed by atoms with Crippen LogP contribution in [0.4, 0.5) is 13.2 Å². The molecule has 0 bridgehead atoms. The number of carbonyl (C=O) groups excluding carboxylic acids is 1. The second kappa shape index (κ2) is 9.66. The number of ether oxygens (including phenoxy) is 1. The lowest BCUT2D eigenvalue weighted by atomic mass is 10.4. The van der Waals surface area contributed by atoms with Crippen molar-refractivity contribution in [3.8, 4) is 0 Å². The molecule has 0 spiro atoms. The first kappa shape index (κ1) is 20.7. The fourth-order valence-corrected chi connectivity index (χ4v) is 3.16. The number of hydrogen-bond acceptors (Lipinski definition) is 5. The largest absolute Gasteiger partial charge is 0.451 e. The Balaban J connectivity index is 5.01. The van der Waals surface area contributed by atoms with E-state index in [1.165, 1.54) is 0 Å². The molecule has 10 heteroatoms. The van der Waals surface area contributed by atoms with Crippen molar-refractivity contribution < 1.29 is 36.3 Å². The fraction of sp³-hybridized carbons (Fsp3) is 0.909. The molecule has 126 valence electrons. The molecule has 5 nitrogen and oxygen atoms in total. The molecule has 0 aromatic rings. The first-order valence-corrected chi connectivity index (χ1v) is 8.65. The molecule has 0 N–H and O–H groups in total. The van der Waals surface area contributed by atoms with Gasteiger partial charge in [0.15, 0.2) is 0 Å². The number of esters is 1. The van der Waals surface area contributed by atoms with Crippen molar-refractivity contribution in [3.63, 3.8) is 0 Å². The van der Waals surface area contributed by atoms with E-state index in [9.17, 15) is 22.5 Å². The highest BCUT2D eigenvalue weighted by molar-refractivity contribution is 7.53. The monoisotopic (exact) mass is 354 g/mol. The van der Waals surface area contributed by atoms with Crippen molar-refractivity contribution in [2.45, 2.75) is 39.0 Å². The molecule has 0 saturated heterocycles. The molecule has 0 aliphatic heterocycles. The number of hydrogen-bond donors (Lipinski definition) is 0. The average Bonchev–Trinajstić information content (AvgIpc) is 2.41. The van der Waals surface area contributed by atoms with E-state index in [-0.39, 0.29) is 13.2 Å². The lowest BCUT2D eigenvalue weighted by molar-refractivity contribution is -0.214. The molecule has 0 amide bonds. The van der Waals surface area contributed by atoms with Crippen LogP contribution in [-0.2, 0) is 23.1 Å². The quantitative estimate of drug-likeness (QED) is 0.340. The van der Waals surface area contributed by atoms with Gasteiger partial charge in [0, 0.05) is 0 Å². The standard InChI is InChI=1S/C11H19ClF3O5P/c1-3-5-18-21(17,19-6-4-2)8-9(11(13,14)15)20-10(16)7-12/h9H,3-8H2,1-2H3/t9-/m1/s1. The predicted molar refractivity (Wildman–Crippen MR) is 71.6 cm³/mol. The normalized spacial score (nSPS) is 14.0. The van der Waals surface area contributed by atoms with Crippen LogP contribution in [-0.4, -0.2) is 43.5 Å². The van der Waals surface area contributed by atoms with Crippen molar-refractivity contribution >= 4 is 25.2 Å². The second-order valence-corrected chi connectivity index (χ2v) is 6.48. The second-order valence-electron chi connectivity index (χ2n) is 4.11. The van der Waals surface area contributed by atoms with Crippen LogP contribution in [0.25, 0.3) is 0 Å². The Labute approximate surface area is 126 Å². The van der Waals surface area contributed by atoms with Crippen molar-refractivity contribution in [1.82, 2.24) is 0 Å². The SMILES string of the molecule is CCCOP(=O)(C[C@@H](OC(=O)CCl)C(F)(F)F)OCCC. The summed E-state index contributed by atoms with van der Waals surface area (Å²) in [5, 5.41) is 0. The van der Waals surface area contributed by atoms with E-state index in [0.717, 1.165) is 0 Å². The minimum atomic E-state index is -4.89. The van der Waals surface area contributed by atoms with Crippen LogP contribution >= 0.6 is 19.2 Å². The van der Waals surface area contributed by atoms with Crippen molar-refractivity contribution in [3.05, 3.63) is 0 Å². The van der Waals surface area contributed by atoms with Gasteiger partial charge in [0.2, 0.25) is 6.10 Å². The molecule has 1 atom stereocenters. The zero-order valence-corrected chi connectivity index (χ0v) is 13.5. The summed E-state index contributed by atoms with van der Waals surface area (Å²) >= 11 is 5.11. The topological polar surface area (TPSA) is 61.8 Å². The van der Waals surface area contributed by atoms with E-state index >= 15 is 0 Å². The van der Waals surface area contributed by atoms with Crippen molar-refractivity contribution in [1.29, 1.82) is 0 Å². The summed E-state index contributed by atoms with van der Waals surface area (Å²) in [7, 11) is -4.01. The Bertz CT molecular complexity index is 352. The van der Waals surface area contributed by atoms with Crippen LogP contribution in [0.1, 0.15) is 26.7 Å². The van der Waals surface area contributed by atoms with Gasteiger partial charge in [-0.1, -0.05) is 13.8 Å². The van der Waals surface area contributed by atoms with Crippen LogP contribution in [0.15, 0.2) is 0 Å². The van der Waals surface area contributed by atoms with Crippen molar-refractivity contribution in [2.24, 2.45) is 0 Å². The number of alkyl halides is 4. The smallest absolute Gasteiger partial charge is 0.426 e. The number of rotatable bonds is 10. The molecule has 0 aliphatic rings. The molecule has 0 rings (SSSR count). The highest BCUT2D eigenvalue weighted by Gasteiger charge is 2.47. The molecular weight excluding hydrogens is 336 g/mol. The molecule has 0 saturated carbocycles. The minimum Gasteiger partial charge on any atom is -0.451 e. The highest BCUT2D eigenvalue weighted by Crippen LogP contribution is 2.51. The summed E-state index contributed by atoms with van der Waals surface area (Å²) in [5.74, 6) is -1.99. The predicted octanol–water partition coefficient (Wildman–Crippen LogP) is 3.75. The first-order chi connectivity index (χ1) is 9.68. The Hall–Kier alpha value is -0.300. The number of carbonyl (C=O) groups is 1. The molecule has 0 unspecified atom stereocenters. The average molecular weight is 355 g/mol. The van der Waals surface area contributed by atoms with E-state index in [1.807, 2.05) is 0 Å². The van der Waals surface area contributed by atoms with Gasteiger partial charge in [-0.2, -0.15) is 13.2 Å². The molecule has 0 aromatic carbocycles. The van der Waals surface area contributed by atoms with Gasteiger partial charge >= 0.3 is 19.7 Å². The van der Waals surface area contributed by atoms with Crippen molar-refractivity contribution in [2.75, 3.05) is 25.3 Å². The van der Waals surface area contributed by atoms with E-state index in [1.54, 1.807) is 13.8 Å². The third kappa shape index (κ3) is 8.66. The van der Waals surface area contributed by atoms with Crippen LogP contribution in [0.2, 0.25) is 0 Å². The van der Waals surface area contributed by atoms with Gasteiger partial charge in [0.1, 0.15) is 5.88 Å². The van der Waals surface area contributed by atoms with Gasteiger partial charge in [-0.05, 0) is 12.8 Å². The Morgan fingerprint density at radius 3 is 2.00 bits per heavy atom. The fourth-order valence-electron chi connectivity index (χ4n) is 1.20. The number of halogens is 4. The maximum absolute atomic E-state index is 12.8. The third-order valence-corrected chi connectivity index (χ3v) is 4.27. The lowest BCUT2D eigenvalue weighted by Gasteiger charge is -2.25. The van der Waals surface area contributed by atoms with Crippen LogP contribution in [0.5, 0.6) is 0 Å². The summed E-state index contributed by atoms with van der Waals surface area (Å²) in [4.78, 5) is 11.0. The van der Waals surface area contributed by atoms with Crippen LogP contribution < -0.4 is 0 Å². The minimum absolute atomic E-state index is 0.0188. The summed E-state index contributed by atoms with van der Waals surface area (Å²) in [6.45, 7) is 3.38. The van der Waals surface area contributed by atoms with E-state index in [4.69, 9.17) is 20.6 Å². The van der Waals surface area contributed by atoms with Gasteiger partial charge < -0.3 is 13.8 Å². The highest BCUT2D eigenvalue weighted by atomic mass is 35.5. The first-order valence-electron chi connectivity index (χ1n) is 6.38.